The second-order valence-corrected chi connectivity index (χ2v) is 7.98. The van der Waals surface area contributed by atoms with Crippen molar-refractivity contribution in [2.75, 3.05) is 33.8 Å². The van der Waals surface area contributed by atoms with Crippen LogP contribution in [-0.2, 0) is 11.3 Å². The van der Waals surface area contributed by atoms with Gasteiger partial charge < -0.3 is 15.0 Å². The highest BCUT2D eigenvalue weighted by atomic mass is 19.1. The van der Waals surface area contributed by atoms with Gasteiger partial charge in [-0.3, -0.25) is 14.5 Å². The van der Waals surface area contributed by atoms with Crippen molar-refractivity contribution >= 4 is 11.8 Å². The molecule has 0 bridgehead atoms. The number of hydrogen-bond acceptors (Lipinski definition) is 4. The Labute approximate surface area is 169 Å². The molecule has 0 aliphatic carbocycles. The molecule has 152 valence electrons. The number of benzene rings is 2. The van der Waals surface area contributed by atoms with E-state index in [0.717, 1.165) is 5.56 Å². The summed E-state index contributed by atoms with van der Waals surface area (Å²) in [6.45, 7) is 1.57. The summed E-state index contributed by atoms with van der Waals surface area (Å²) in [6.07, 6.45) is 0. The third-order valence-electron chi connectivity index (χ3n) is 5.63. The van der Waals surface area contributed by atoms with Crippen LogP contribution in [0, 0.1) is 11.7 Å². The zero-order valence-corrected chi connectivity index (χ0v) is 16.5. The topological polar surface area (TPSA) is 61.9 Å². The number of carbonyl (C=O) groups excluding carboxylic acids is 2. The molecule has 2 amide bonds. The van der Waals surface area contributed by atoms with Crippen LogP contribution >= 0.6 is 0 Å². The fourth-order valence-electron chi connectivity index (χ4n) is 4.24. The van der Waals surface area contributed by atoms with Crippen molar-refractivity contribution in [3.63, 3.8) is 0 Å². The lowest BCUT2D eigenvalue weighted by atomic mass is 9.86. The number of fused-ring (bicyclic) bond motifs is 1. The molecule has 2 aliphatic rings. The van der Waals surface area contributed by atoms with Gasteiger partial charge in [0, 0.05) is 33.7 Å². The smallest absolute Gasteiger partial charge is 0.255 e. The van der Waals surface area contributed by atoms with Crippen LogP contribution in [0.1, 0.15) is 15.9 Å². The molecule has 1 saturated heterocycles. The molecular formula is C22H24FN3O3. The van der Waals surface area contributed by atoms with Gasteiger partial charge in [-0.2, -0.15) is 0 Å². The summed E-state index contributed by atoms with van der Waals surface area (Å²) >= 11 is 0. The number of amides is 2. The molecule has 1 fully saturated rings. The van der Waals surface area contributed by atoms with E-state index >= 15 is 0 Å². The van der Waals surface area contributed by atoms with E-state index in [0.29, 0.717) is 30.9 Å². The summed E-state index contributed by atoms with van der Waals surface area (Å²) in [4.78, 5) is 29.5. The van der Waals surface area contributed by atoms with Crippen LogP contribution in [-0.4, -0.2) is 60.9 Å². The Kier molecular flexibility index (Phi) is 5.00. The first-order chi connectivity index (χ1) is 13.9. The fourth-order valence-corrected chi connectivity index (χ4v) is 4.24. The molecule has 29 heavy (non-hydrogen) atoms. The lowest BCUT2D eigenvalue weighted by Gasteiger charge is -2.34. The zero-order chi connectivity index (χ0) is 20.6. The van der Waals surface area contributed by atoms with Crippen LogP contribution in [0.3, 0.4) is 0 Å². The molecule has 2 aromatic rings. The van der Waals surface area contributed by atoms with Gasteiger partial charge in [0.1, 0.15) is 18.2 Å². The van der Waals surface area contributed by atoms with Crippen LogP contribution in [0.15, 0.2) is 48.5 Å². The molecule has 6 nitrogen and oxygen atoms in total. The SMILES string of the molecule is CN(C)C(=O)[C@H]1CN(Cc2cccc(F)c2)C[C@@]12COc1ccccc1C(=O)N2. The number of likely N-dealkylation sites (tertiary alicyclic amines) is 1. The Bertz CT molecular complexity index is 948. The summed E-state index contributed by atoms with van der Waals surface area (Å²) in [5.74, 6) is -0.562. The predicted octanol–water partition coefficient (Wildman–Crippen LogP) is 1.91. The molecule has 4 rings (SSSR count). The number of rotatable bonds is 3. The quantitative estimate of drug-likeness (QED) is 0.860. The first-order valence-corrected chi connectivity index (χ1v) is 9.60. The molecule has 2 atom stereocenters. The van der Waals surface area contributed by atoms with Crippen molar-refractivity contribution in [3.8, 4) is 5.75 Å². The van der Waals surface area contributed by atoms with Gasteiger partial charge in [0.25, 0.3) is 5.91 Å². The van der Waals surface area contributed by atoms with Gasteiger partial charge in [-0.15, -0.1) is 0 Å². The number of halogens is 1. The van der Waals surface area contributed by atoms with Crippen molar-refractivity contribution in [2.45, 2.75) is 12.1 Å². The summed E-state index contributed by atoms with van der Waals surface area (Å²) in [5, 5.41) is 3.10. The molecule has 1 N–H and O–H groups in total. The maximum absolute atomic E-state index is 13.6. The largest absolute Gasteiger partial charge is 0.490 e. The van der Waals surface area contributed by atoms with Crippen molar-refractivity contribution < 1.29 is 18.7 Å². The molecule has 0 unspecified atom stereocenters. The molecule has 2 aliphatic heterocycles. The van der Waals surface area contributed by atoms with Gasteiger partial charge in [-0.1, -0.05) is 24.3 Å². The normalized spacial score (nSPS) is 23.8. The highest BCUT2D eigenvalue weighted by molar-refractivity contribution is 5.98. The lowest BCUT2D eigenvalue weighted by molar-refractivity contribution is -0.134. The monoisotopic (exact) mass is 397 g/mol. The third-order valence-corrected chi connectivity index (χ3v) is 5.63. The number of nitrogens with zero attached hydrogens (tertiary/aromatic N) is 2. The Morgan fingerprint density at radius 2 is 2.07 bits per heavy atom. The van der Waals surface area contributed by atoms with Gasteiger partial charge in [0.2, 0.25) is 5.91 Å². The average molecular weight is 397 g/mol. The number of ether oxygens (including phenoxy) is 1. The van der Waals surface area contributed by atoms with Crippen molar-refractivity contribution in [2.24, 2.45) is 5.92 Å². The maximum atomic E-state index is 13.6. The van der Waals surface area contributed by atoms with E-state index in [1.807, 2.05) is 12.1 Å². The number of para-hydroxylation sites is 1. The molecule has 0 saturated carbocycles. The Morgan fingerprint density at radius 1 is 1.28 bits per heavy atom. The molecule has 1 spiro atoms. The number of nitrogens with one attached hydrogen (secondary N) is 1. The van der Waals surface area contributed by atoms with Crippen molar-refractivity contribution in [1.29, 1.82) is 0 Å². The van der Waals surface area contributed by atoms with E-state index < -0.39 is 11.5 Å². The van der Waals surface area contributed by atoms with E-state index in [1.165, 1.54) is 12.1 Å². The van der Waals surface area contributed by atoms with Gasteiger partial charge in [0.15, 0.2) is 0 Å². The molecule has 2 aromatic carbocycles. The highest BCUT2D eigenvalue weighted by Gasteiger charge is 2.53. The van der Waals surface area contributed by atoms with Crippen molar-refractivity contribution in [1.82, 2.24) is 15.1 Å². The first kappa shape index (κ1) is 19.4. The molecule has 7 heteroatoms. The van der Waals surface area contributed by atoms with E-state index in [1.54, 1.807) is 43.3 Å². The fraction of sp³-hybridized carbons (Fsp3) is 0.364. The third kappa shape index (κ3) is 3.70. The number of carbonyl (C=O) groups is 2. The summed E-state index contributed by atoms with van der Waals surface area (Å²) in [5.41, 5.74) is 0.427. The Morgan fingerprint density at radius 3 is 2.83 bits per heavy atom. The molecule has 2 heterocycles. The Balaban J connectivity index is 1.64. The molecule has 0 aromatic heterocycles. The van der Waals surface area contributed by atoms with Crippen LogP contribution < -0.4 is 10.1 Å². The summed E-state index contributed by atoms with van der Waals surface area (Å²) in [7, 11) is 3.42. The summed E-state index contributed by atoms with van der Waals surface area (Å²) in [6, 6.07) is 13.5. The van der Waals surface area contributed by atoms with Gasteiger partial charge in [-0.25, -0.2) is 4.39 Å². The second kappa shape index (κ2) is 7.48. The first-order valence-electron chi connectivity index (χ1n) is 9.60. The van der Waals surface area contributed by atoms with Gasteiger partial charge >= 0.3 is 0 Å². The van der Waals surface area contributed by atoms with Crippen LogP contribution in [0.25, 0.3) is 0 Å². The minimum absolute atomic E-state index is 0.0680. The van der Waals surface area contributed by atoms with Gasteiger partial charge in [0.05, 0.1) is 17.0 Å². The van der Waals surface area contributed by atoms with E-state index in [-0.39, 0.29) is 24.2 Å². The van der Waals surface area contributed by atoms with E-state index in [4.69, 9.17) is 4.74 Å². The molecular weight excluding hydrogens is 373 g/mol. The minimum Gasteiger partial charge on any atom is -0.490 e. The van der Waals surface area contributed by atoms with Crippen LogP contribution in [0.5, 0.6) is 5.75 Å². The van der Waals surface area contributed by atoms with E-state index in [2.05, 4.69) is 10.2 Å². The van der Waals surface area contributed by atoms with Crippen LogP contribution in [0.2, 0.25) is 0 Å². The second-order valence-electron chi connectivity index (χ2n) is 7.98. The standard InChI is InChI=1S/C22H24FN3O3/c1-25(2)21(28)18-12-26(11-15-6-5-7-16(23)10-15)13-22(18)14-29-19-9-4-3-8-17(19)20(27)24-22/h3-10,18H,11-14H2,1-2H3,(H,24,27)/t18-,22-/m1/s1. The van der Waals surface area contributed by atoms with Crippen LogP contribution in [0.4, 0.5) is 4.39 Å². The predicted molar refractivity (Wildman–Crippen MR) is 106 cm³/mol. The highest BCUT2D eigenvalue weighted by Crippen LogP contribution is 2.34. The van der Waals surface area contributed by atoms with Gasteiger partial charge in [-0.05, 0) is 29.8 Å². The molecule has 0 radical (unpaired) electrons. The lowest BCUT2D eigenvalue weighted by Crippen LogP contribution is -2.60. The van der Waals surface area contributed by atoms with Crippen molar-refractivity contribution in [3.05, 3.63) is 65.5 Å². The maximum Gasteiger partial charge on any atom is 0.255 e. The number of hydrogen-bond donors (Lipinski definition) is 1. The summed E-state index contributed by atoms with van der Waals surface area (Å²) < 4.78 is 19.6. The zero-order valence-electron chi connectivity index (χ0n) is 16.5. The average Bonchev–Trinajstić information content (AvgIpc) is 2.95. The minimum atomic E-state index is -0.856. The van der Waals surface area contributed by atoms with E-state index in [9.17, 15) is 14.0 Å². The Hall–Kier alpha value is -2.93.